The molecule has 7 nitrogen and oxygen atoms in total. The molecule has 2 aromatic heterocycles. The Morgan fingerprint density at radius 3 is 2.79 bits per heavy atom. The SMILES string of the molecule is Cn1c(CN2CC[C@H](Nc3ccc(F)cc3)C2)nc(-c2ccncn2)cc1=O. The van der Waals surface area contributed by atoms with Gasteiger partial charge in [-0.3, -0.25) is 14.3 Å². The fraction of sp³-hybridized carbons (Fsp3) is 0.300. The number of nitrogens with zero attached hydrogens (tertiary/aromatic N) is 5. The molecule has 1 aliphatic heterocycles. The zero-order chi connectivity index (χ0) is 19.5. The zero-order valence-corrected chi connectivity index (χ0v) is 15.5. The largest absolute Gasteiger partial charge is 0.381 e. The second-order valence-corrected chi connectivity index (χ2v) is 6.92. The summed E-state index contributed by atoms with van der Waals surface area (Å²) in [5, 5.41) is 3.43. The summed E-state index contributed by atoms with van der Waals surface area (Å²) in [4.78, 5) is 27.4. The van der Waals surface area contributed by atoms with E-state index in [0.29, 0.717) is 23.8 Å². The Balaban J connectivity index is 1.46. The smallest absolute Gasteiger partial charge is 0.253 e. The molecule has 1 atom stereocenters. The lowest BCUT2D eigenvalue weighted by molar-refractivity contribution is 0.313. The average Bonchev–Trinajstić information content (AvgIpc) is 3.14. The molecule has 1 fully saturated rings. The molecule has 8 heteroatoms. The summed E-state index contributed by atoms with van der Waals surface area (Å²) in [7, 11) is 1.73. The molecule has 1 saturated heterocycles. The zero-order valence-electron chi connectivity index (χ0n) is 15.5. The van der Waals surface area contributed by atoms with E-state index in [1.54, 1.807) is 36.0 Å². The van der Waals surface area contributed by atoms with Crippen molar-refractivity contribution in [3.8, 4) is 11.4 Å². The van der Waals surface area contributed by atoms with Crippen LogP contribution in [0.15, 0.2) is 53.7 Å². The van der Waals surface area contributed by atoms with Gasteiger partial charge in [-0.05, 0) is 36.8 Å². The standard InChI is InChI=1S/C20H21FN6O/c1-26-19(25-18(10-20(26)28)17-6-8-22-13-23-17)12-27-9-7-16(11-27)24-15-4-2-14(21)3-5-15/h2-6,8,10,13,16,24H,7,9,11-12H2,1H3/t16-/m0/s1. The molecule has 0 aliphatic carbocycles. The van der Waals surface area contributed by atoms with Crippen molar-refractivity contribution in [1.82, 2.24) is 24.4 Å². The van der Waals surface area contributed by atoms with Crippen LogP contribution < -0.4 is 10.9 Å². The van der Waals surface area contributed by atoms with Crippen LogP contribution in [0.5, 0.6) is 0 Å². The number of hydrogen-bond acceptors (Lipinski definition) is 6. The third-order valence-corrected chi connectivity index (χ3v) is 4.92. The van der Waals surface area contributed by atoms with Gasteiger partial charge in [0.25, 0.3) is 5.56 Å². The van der Waals surface area contributed by atoms with E-state index in [1.807, 2.05) is 0 Å². The first kappa shape index (κ1) is 18.2. The van der Waals surface area contributed by atoms with E-state index in [2.05, 4.69) is 25.2 Å². The van der Waals surface area contributed by atoms with E-state index in [4.69, 9.17) is 0 Å². The molecule has 1 aromatic carbocycles. The van der Waals surface area contributed by atoms with Crippen molar-refractivity contribution in [2.45, 2.75) is 19.0 Å². The summed E-state index contributed by atoms with van der Waals surface area (Å²) in [6.45, 7) is 2.30. The molecule has 1 aliphatic rings. The fourth-order valence-corrected chi connectivity index (χ4v) is 3.38. The normalized spacial score (nSPS) is 17.0. The Hall–Kier alpha value is -3.13. The molecule has 3 aromatic rings. The van der Waals surface area contributed by atoms with Crippen LogP contribution in [-0.2, 0) is 13.6 Å². The van der Waals surface area contributed by atoms with E-state index in [0.717, 1.165) is 25.2 Å². The van der Waals surface area contributed by atoms with Gasteiger partial charge in [0, 0.05) is 44.1 Å². The fourth-order valence-electron chi connectivity index (χ4n) is 3.38. The number of nitrogens with one attached hydrogen (secondary N) is 1. The maximum atomic E-state index is 13.1. The first-order chi connectivity index (χ1) is 13.6. The topological polar surface area (TPSA) is 75.9 Å². The summed E-state index contributed by atoms with van der Waals surface area (Å²) in [6.07, 6.45) is 4.05. The van der Waals surface area contributed by atoms with Crippen LogP contribution in [0.3, 0.4) is 0 Å². The number of halogens is 1. The number of anilines is 1. The predicted octanol–water partition coefficient (Wildman–Crippen LogP) is 2.06. The summed E-state index contributed by atoms with van der Waals surface area (Å²) >= 11 is 0. The highest BCUT2D eigenvalue weighted by Gasteiger charge is 2.23. The van der Waals surface area contributed by atoms with Gasteiger partial charge in [0.2, 0.25) is 0 Å². The second kappa shape index (κ2) is 7.85. The van der Waals surface area contributed by atoms with Crippen molar-refractivity contribution in [2.75, 3.05) is 18.4 Å². The number of rotatable bonds is 5. The highest BCUT2D eigenvalue weighted by atomic mass is 19.1. The third kappa shape index (κ3) is 4.07. The molecule has 28 heavy (non-hydrogen) atoms. The number of benzene rings is 1. The van der Waals surface area contributed by atoms with E-state index >= 15 is 0 Å². The van der Waals surface area contributed by atoms with Crippen molar-refractivity contribution in [1.29, 1.82) is 0 Å². The highest BCUT2D eigenvalue weighted by Crippen LogP contribution is 2.18. The molecule has 0 bridgehead atoms. The molecule has 0 saturated carbocycles. The summed E-state index contributed by atoms with van der Waals surface area (Å²) < 4.78 is 14.6. The van der Waals surface area contributed by atoms with Crippen LogP contribution in [0.25, 0.3) is 11.4 Å². The van der Waals surface area contributed by atoms with Crippen LogP contribution in [0.2, 0.25) is 0 Å². The average molecular weight is 380 g/mol. The lowest BCUT2D eigenvalue weighted by atomic mass is 10.2. The molecule has 3 heterocycles. The predicted molar refractivity (Wildman–Crippen MR) is 104 cm³/mol. The Morgan fingerprint density at radius 1 is 1.21 bits per heavy atom. The Kier molecular flexibility index (Phi) is 5.12. The minimum absolute atomic E-state index is 0.112. The molecule has 0 radical (unpaired) electrons. The number of aromatic nitrogens is 4. The second-order valence-electron chi connectivity index (χ2n) is 6.92. The van der Waals surface area contributed by atoms with Gasteiger partial charge >= 0.3 is 0 Å². The maximum absolute atomic E-state index is 13.1. The van der Waals surface area contributed by atoms with Crippen molar-refractivity contribution >= 4 is 5.69 Å². The Labute approximate surface area is 161 Å². The Bertz CT molecular complexity index is 1010. The number of likely N-dealkylation sites (tertiary alicyclic amines) is 1. The van der Waals surface area contributed by atoms with Crippen LogP contribution in [-0.4, -0.2) is 43.6 Å². The van der Waals surface area contributed by atoms with Gasteiger partial charge in [0.15, 0.2) is 0 Å². The molecule has 0 amide bonds. The van der Waals surface area contributed by atoms with Gasteiger partial charge in [-0.2, -0.15) is 0 Å². The summed E-state index contributed by atoms with van der Waals surface area (Å²) in [6, 6.07) is 9.90. The molecule has 144 valence electrons. The molecule has 0 spiro atoms. The first-order valence-electron chi connectivity index (χ1n) is 9.16. The van der Waals surface area contributed by atoms with Crippen LogP contribution in [0.1, 0.15) is 12.2 Å². The molecule has 4 rings (SSSR count). The van der Waals surface area contributed by atoms with Crippen LogP contribution in [0, 0.1) is 5.82 Å². The van der Waals surface area contributed by atoms with E-state index in [9.17, 15) is 9.18 Å². The van der Waals surface area contributed by atoms with Gasteiger partial charge in [-0.1, -0.05) is 0 Å². The van der Waals surface area contributed by atoms with E-state index < -0.39 is 0 Å². The lowest BCUT2D eigenvalue weighted by Gasteiger charge is -2.18. The van der Waals surface area contributed by atoms with Crippen molar-refractivity contribution in [3.05, 3.63) is 70.9 Å². The molecule has 0 unspecified atom stereocenters. The summed E-state index contributed by atoms with van der Waals surface area (Å²) in [5.41, 5.74) is 1.98. The van der Waals surface area contributed by atoms with E-state index in [-0.39, 0.29) is 17.4 Å². The lowest BCUT2D eigenvalue weighted by Crippen LogP contribution is -2.30. The maximum Gasteiger partial charge on any atom is 0.253 e. The van der Waals surface area contributed by atoms with E-state index in [1.165, 1.54) is 24.5 Å². The first-order valence-corrected chi connectivity index (χ1v) is 9.16. The highest BCUT2D eigenvalue weighted by molar-refractivity contribution is 5.52. The van der Waals surface area contributed by atoms with Gasteiger partial charge in [0.1, 0.15) is 18.0 Å². The third-order valence-electron chi connectivity index (χ3n) is 4.92. The van der Waals surface area contributed by atoms with Gasteiger partial charge < -0.3 is 5.32 Å². The van der Waals surface area contributed by atoms with Crippen LogP contribution in [0.4, 0.5) is 10.1 Å². The quantitative estimate of drug-likeness (QED) is 0.730. The van der Waals surface area contributed by atoms with Crippen LogP contribution >= 0.6 is 0 Å². The molecular weight excluding hydrogens is 359 g/mol. The van der Waals surface area contributed by atoms with Crippen molar-refractivity contribution in [3.63, 3.8) is 0 Å². The monoisotopic (exact) mass is 380 g/mol. The molecule has 1 N–H and O–H groups in total. The molecular formula is C20H21FN6O. The van der Waals surface area contributed by atoms with Gasteiger partial charge in [-0.25, -0.2) is 19.3 Å². The minimum atomic E-state index is -0.242. The minimum Gasteiger partial charge on any atom is -0.381 e. The van der Waals surface area contributed by atoms with Gasteiger partial charge in [0.05, 0.1) is 17.9 Å². The van der Waals surface area contributed by atoms with Gasteiger partial charge in [-0.15, -0.1) is 0 Å². The van der Waals surface area contributed by atoms with Crippen molar-refractivity contribution < 1.29 is 4.39 Å². The summed E-state index contributed by atoms with van der Waals surface area (Å²) in [5.74, 6) is 0.456. The number of hydrogen-bond donors (Lipinski definition) is 1. The Morgan fingerprint density at radius 2 is 2.04 bits per heavy atom. The van der Waals surface area contributed by atoms with Crippen molar-refractivity contribution in [2.24, 2.45) is 7.05 Å².